The molecule has 1 nitrogen and oxygen atoms in total. The van der Waals surface area contributed by atoms with Crippen LogP contribution in [0, 0.1) is 0 Å². The summed E-state index contributed by atoms with van der Waals surface area (Å²) >= 11 is 2.01. The number of rotatable bonds is 3. The lowest BCUT2D eigenvalue weighted by molar-refractivity contribution is 0.446. The van der Waals surface area contributed by atoms with Gasteiger partial charge in [-0.15, -0.1) is 11.8 Å². The zero-order valence-electron chi connectivity index (χ0n) is 12.2. The van der Waals surface area contributed by atoms with Crippen molar-refractivity contribution in [3.8, 4) is 0 Å². The van der Waals surface area contributed by atoms with Crippen LogP contribution < -0.4 is 5.32 Å². The summed E-state index contributed by atoms with van der Waals surface area (Å²) < 4.78 is 0. The van der Waals surface area contributed by atoms with E-state index in [4.69, 9.17) is 0 Å². The minimum Gasteiger partial charge on any atom is -0.313 e. The van der Waals surface area contributed by atoms with Gasteiger partial charge >= 0.3 is 0 Å². The molecule has 1 heterocycles. The van der Waals surface area contributed by atoms with Crippen LogP contribution in [0.25, 0.3) is 0 Å². The van der Waals surface area contributed by atoms with Gasteiger partial charge in [0.2, 0.25) is 0 Å². The normalized spacial score (nSPS) is 23.6. The van der Waals surface area contributed by atoms with Gasteiger partial charge in [-0.05, 0) is 42.0 Å². The molecule has 1 N–H and O–H groups in total. The van der Waals surface area contributed by atoms with E-state index in [2.05, 4.69) is 53.8 Å². The van der Waals surface area contributed by atoms with E-state index in [1.807, 2.05) is 11.8 Å². The fraction of sp³-hybridized carbons (Fsp3) is 0.368. The number of hydrogen-bond donors (Lipinski definition) is 1. The Morgan fingerprint density at radius 2 is 1.81 bits per heavy atom. The van der Waals surface area contributed by atoms with Crippen LogP contribution in [0.4, 0.5) is 0 Å². The van der Waals surface area contributed by atoms with Crippen molar-refractivity contribution < 1.29 is 0 Å². The van der Waals surface area contributed by atoms with Crippen LogP contribution in [0.3, 0.4) is 0 Å². The molecule has 1 aliphatic heterocycles. The van der Waals surface area contributed by atoms with Crippen LogP contribution in [0.2, 0.25) is 0 Å². The zero-order chi connectivity index (χ0) is 14.1. The lowest BCUT2D eigenvalue weighted by Gasteiger charge is -2.26. The van der Waals surface area contributed by atoms with Crippen molar-refractivity contribution in [3.05, 3.63) is 65.2 Å². The molecule has 0 spiro atoms. The maximum absolute atomic E-state index is 3.83. The van der Waals surface area contributed by atoms with E-state index >= 15 is 0 Å². The second-order valence-electron chi connectivity index (χ2n) is 6.16. The van der Waals surface area contributed by atoms with Gasteiger partial charge in [-0.2, -0.15) is 0 Å². The average molecular weight is 295 g/mol. The molecule has 108 valence electrons. The summed E-state index contributed by atoms with van der Waals surface area (Å²) in [6, 6.07) is 18.5. The molecule has 4 rings (SSSR count). The van der Waals surface area contributed by atoms with Crippen LogP contribution in [0.1, 0.15) is 29.0 Å². The molecule has 21 heavy (non-hydrogen) atoms. The first-order chi connectivity index (χ1) is 10.4. The third kappa shape index (κ3) is 2.75. The predicted octanol–water partition coefficient (Wildman–Crippen LogP) is 4.02. The summed E-state index contributed by atoms with van der Waals surface area (Å²) in [4.78, 5) is 1.48. The number of benzene rings is 2. The molecule has 0 aromatic heterocycles. The first kappa shape index (κ1) is 13.4. The van der Waals surface area contributed by atoms with Crippen LogP contribution in [-0.2, 0) is 12.8 Å². The Morgan fingerprint density at radius 3 is 2.76 bits per heavy atom. The fourth-order valence-electron chi connectivity index (χ4n) is 3.58. The van der Waals surface area contributed by atoms with Gasteiger partial charge in [0, 0.05) is 29.2 Å². The number of aryl methyl sites for hydroxylation is 1. The number of nitrogens with one attached hydrogen (secondary N) is 1. The molecule has 2 atom stereocenters. The molecule has 2 unspecified atom stereocenters. The highest BCUT2D eigenvalue weighted by molar-refractivity contribution is 7.99. The number of fused-ring (bicyclic) bond motifs is 2. The topological polar surface area (TPSA) is 12.0 Å². The first-order valence-electron chi connectivity index (χ1n) is 7.92. The minimum absolute atomic E-state index is 0.651. The van der Waals surface area contributed by atoms with Crippen LogP contribution >= 0.6 is 11.8 Å². The molecule has 1 aliphatic carbocycles. The molecule has 0 saturated heterocycles. The molecule has 0 bridgehead atoms. The van der Waals surface area contributed by atoms with Crippen molar-refractivity contribution in [2.45, 2.75) is 36.1 Å². The molecule has 0 fully saturated rings. The number of thioether (sulfide) groups is 1. The summed E-state index contributed by atoms with van der Waals surface area (Å²) in [5, 5.41) is 3.83. The summed E-state index contributed by atoms with van der Waals surface area (Å²) in [6.45, 7) is 1.12. The van der Waals surface area contributed by atoms with Crippen molar-refractivity contribution in [3.63, 3.8) is 0 Å². The molecule has 0 amide bonds. The molecular formula is C19H21NS. The Hall–Kier alpha value is -1.25. The van der Waals surface area contributed by atoms with E-state index in [9.17, 15) is 0 Å². The Kier molecular flexibility index (Phi) is 3.74. The Morgan fingerprint density at radius 1 is 1.00 bits per heavy atom. The molecule has 2 heteroatoms. The molecule has 0 saturated carbocycles. The smallest absolute Gasteiger partial charge is 0.0111 e. The van der Waals surface area contributed by atoms with E-state index in [-0.39, 0.29) is 0 Å². The molecule has 2 aromatic rings. The second-order valence-corrected chi connectivity index (χ2v) is 7.22. The second kappa shape index (κ2) is 5.86. The Balaban J connectivity index is 1.39. The van der Waals surface area contributed by atoms with Crippen molar-refractivity contribution in [2.75, 3.05) is 12.3 Å². The molecule has 2 aromatic carbocycles. The highest BCUT2D eigenvalue weighted by Gasteiger charge is 2.24. The molecule has 2 aliphatic rings. The Bertz CT molecular complexity index is 637. The van der Waals surface area contributed by atoms with Crippen molar-refractivity contribution >= 4 is 11.8 Å². The largest absolute Gasteiger partial charge is 0.313 e. The van der Waals surface area contributed by atoms with Gasteiger partial charge in [0.25, 0.3) is 0 Å². The van der Waals surface area contributed by atoms with E-state index in [0.717, 1.165) is 6.54 Å². The summed E-state index contributed by atoms with van der Waals surface area (Å²) in [6.07, 6.45) is 3.69. The monoisotopic (exact) mass is 295 g/mol. The van der Waals surface area contributed by atoms with Crippen LogP contribution in [0.15, 0.2) is 53.4 Å². The average Bonchev–Trinajstić information content (AvgIpc) is 2.96. The quantitative estimate of drug-likeness (QED) is 0.918. The van der Waals surface area contributed by atoms with Crippen molar-refractivity contribution in [1.82, 2.24) is 5.32 Å². The minimum atomic E-state index is 0.651. The van der Waals surface area contributed by atoms with E-state index in [1.54, 1.807) is 16.7 Å². The summed E-state index contributed by atoms with van der Waals surface area (Å²) in [7, 11) is 0. The van der Waals surface area contributed by atoms with Gasteiger partial charge in [0.05, 0.1) is 0 Å². The first-order valence-corrected chi connectivity index (χ1v) is 8.90. The fourth-order valence-corrected chi connectivity index (χ4v) is 4.83. The zero-order valence-corrected chi connectivity index (χ0v) is 13.0. The van der Waals surface area contributed by atoms with Gasteiger partial charge < -0.3 is 5.32 Å². The highest BCUT2D eigenvalue weighted by atomic mass is 32.2. The van der Waals surface area contributed by atoms with E-state index < -0.39 is 0 Å². The van der Waals surface area contributed by atoms with Gasteiger partial charge in [-0.1, -0.05) is 42.5 Å². The molecular weight excluding hydrogens is 274 g/mol. The van der Waals surface area contributed by atoms with E-state index in [1.165, 1.54) is 29.9 Å². The van der Waals surface area contributed by atoms with Crippen molar-refractivity contribution in [2.24, 2.45) is 0 Å². The third-order valence-electron chi connectivity index (χ3n) is 4.80. The highest BCUT2D eigenvalue weighted by Crippen LogP contribution is 2.39. The van der Waals surface area contributed by atoms with Gasteiger partial charge in [0.15, 0.2) is 0 Å². The maximum atomic E-state index is 3.83. The summed E-state index contributed by atoms with van der Waals surface area (Å²) in [5.74, 6) is 1.92. The predicted molar refractivity (Wildman–Crippen MR) is 90.2 cm³/mol. The number of hydrogen-bond acceptors (Lipinski definition) is 2. The third-order valence-corrected chi connectivity index (χ3v) is 6.05. The van der Waals surface area contributed by atoms with Crippen molar-refractivity contribution in [1.29, 1.82) is 0 Å². The lowest BCUT2D eigenvalue weighted by Crippen LogP contribution is -2.37. The standard InChI is InChI=1S/C19H21NS/c1-2-6-15-11-17(10-9-14(15)5-1)20-12-16-13-21-19-8-4-3-7-18(16)19/h1-8,16-17,20H,9-13H2. The van der Waals surface area contributed by atoms with E-state index in [0.29, 0.717) is 12.0 Å². The summed E-state index contributed by atoms with van der Waals surface area (Å²) in [5.41, 5.74) is 4.64. The van der Waals surface area contributed by atoms with Gasteiger partial charge in [-0.3, -0.25) is 0 Å². The van der Waals surface area contributed by atoms with Gasteiger partial charge in [-0.25, -0.2) is 0 Å². The maximum Gasteiger partial charge on any atom is 0.0111 e. The van der Waals surface area contributed by atoms with Gasteiger partial charge in [0.1, 0.15) is 0 Å². The lowest BCUT2D eigenvalue weighted by atomic mass is 9.88. The molecule has 0 radical (unpaired) electrons. The van der Waals surface area contributed by atoms with Crippen LogP contribution in [0.5, 0.6) is 0 Å². The SMILES string of the molecule is c1ccc2c(c1)CCC(NCC1CSc3ccccc31)C2. The van der Waals surface area contributed by atoms with Crippen LogP contribution in [-0.4, -0.2) is 18.3 Å². The Labute approximate surface area is 131 Å².